The van der Waals surface area contributed by atoms with E-state index in [1.165, 1.54) is 0 Å². The first-order valence-corrected chi connectivity index (χ1v) is 6.81. The van der Waals surface area contributed by atoms with E-state index in [1.807, 2.05) is 25.1 Å². The van der Waals surface area contributed by atoms with Crippen molar-refractivity contribution in [1.29, 1.82) is 0 Å². The molecule has 3 rings (SSSR count). The molecule has 2 aromatic carbocycles. The van der Waals surface area contributed by atoms with Crippen molar-refractivity contribution in [2.45, 2.75) is 13.1 Å². The Balaban J connectivity index is 1.92. The van der Waals surface area contributed by atoms with Crippen molar-refractivity contribution >= 4 is 11.6 Å². The van der Waals surface area contributed by atoms with Gasteiger partial charge in [-0.05, 0) is 36.8 Å². The number of phenolic OH excluding ortho intramolecular Hbond substituents is 1. The molecular weight excluding hydrogens is 268 g/mol. The molecule has 0 unspecified atom stereocenters. The Morgan fingerprint density at radius 1 is 1.19 bits per heavy atom. The van der Waals surface area contributed by atoms with Gasteiger partial charge in [0.1, 0.15) is 6.17 Å². The minimum atomic E-state index is -0.354. The number of carbonyl (C=O) groups excluding carboxylic acids is 1. The van der Waals surface area contributed by atoms with Crippen molar-refractivity contribution < 1.29 is 14.6 Å². The van der Waals surface area contributed by atoms with Crippen LogP contribution in [0.3, 0.4) is 0 Å². The highest BCUT2D eigenvalue weighted by Gasteiger charge is 2.24. The molecule has 5 nitrogen and oxygen atoms in total. The fourth-order valence-corrected chi connectivity index (χ4v) is 2.36. The van der Waals surface area contributed by atoms with E-state index in [4.69, 9.17) is 4.74 Å². The summed E-state index contributed by atoms with van der Waals surface area (Å²) in [4.78, 5) is 12.1. The van der Waals surface area contributed by atoms with E-state index in [9.17, 15) is 9.90 Å². The Morgan fingerprint density at radius 3 is 2.81 bits per heavy atom. The van der Waals surface area contributed by atoms with Gasteiger partial charge in [-0.3, -0.25) is 4.79 Å². The largest absolute Gasteiger partial charge is 0.504 e. The topological polar surface area (TPSA) is 70.6 Å². The molecule has 1 heterocycles. The number of amides is 1. The third-order valence-electron chi connectivity index (χ3n) is 3.36. The Kier molecular flexibility index (Phi) is 3.39. The lowest BCUT2D eigenvalue weighted by molar-refractivity contribution is 0.0935. The van der Waals surface area contributed by atoms with Gasteiger partial charge in [0, 0.05) is 5.69 Å². The van der Waals surface area contributed by atoms with Gasteiger partial charge in [0.15, 0.2) is 11.5 Å². The number of benzene rings is 2. The lowest BCUT2D eigenvalue weighted by atomic mass is 10.1. The van der Waals surface area contributed by atoms with E-state index in [2.05, 4.69) is 10.6 Å². The first-order chi connectivity index (χ1) is 10.2. The molecule has 3 N–H and O–H groups in total. The van der Waals surface area contributed by atoms with Crippen LogP contribution in [0.25, 0.3) is 0 Å². The second kappa shape index (κ2) is 5.36. The molecule has 2 aromatic rings. The standard InChI is InChI=1S/C16H16N2O3/c1-2-21-14-9-10(7-8-13(14)19)15-17-12-6-4-3-5-11(12)16(20)18-15/h3-9,15,17,19H,2H2,1H3,(H,18,20)/t15-/m1/s1. The molecule has 0 saturated carbocycles. The molecule has 0 spiro atoms. The molecule has 1 atom stereocenters. The molecule has 0 bridgehead atoms. The molecule has 5 heteroatoms. The van der Waals surface area contributed by atoms with E-state index >= 15 is 0 Å². The van der Waals surface area contributed by atoms with Crippen molar-refractivity contribution in [3.05, 3.63) is 53.6 Å². The van der Waals surface area contributed by atoms with E-state index in [0.717, 1.165) is 11.3 Å². The molecule has 0 saturated heterocycles. The van der Waals surface area contributed by atoms with Crippen molar-refractivity contribution in [3.63, 3.8) is 0 Å². The number of nitrogens with one attached hydrogen (secondary N) is 2. The summed E-state index contributed by atoms with van der Waals surface area (Å²) in [5.74, 6) is 0.369. The number of phenols is 1. The number of ether oxygens (including phenoxy) is 1. The monoisotopic (exact) mass is 284 g/mol. The fourth-order valence-electron chi connectivity index (χ4n) is 2.36. The number of aromatic hydroxyl groups is 1. The molecule has 0 aliphatic carbocycles. The summed E-state index contributed by atoms with van der Waals surface area (Å²) in [6.07, 6.45) is -0.354. The minimum absolute atomic E-state index is 0.0862. The first-order valence-electron chi connectivity index (χ1n) is 6.81. The Labute approximate surface area is 122 Å². The van der Waals surface area contributed by atoms with Crippen molar-refractivity contribution in [2.24, 2.45) is 0 Å². The zero-order valence-corrected chi connectivity index (χ0v) is 11.6. The molecule has 0 fully saturated rings. The van der Waals surface area contributed by atoms with Gasteiger partial charge in [-0.25, -0.2) is 0 Å². The van der Waals surface area contributed by atoms with Crippen LogP contribution in [-0.2, 0) is 0 Å². The van der Waals surface area contributed by atoms with Crippen molar-refractivity contribution in [1.82, 2.24) is 5.32 Å². The Bertz CT molecular complexity index is 685. The SMILES string of the molecule is CCOc1cc([C@H]2NC(=O)c3ccccc3N2)ccc1O. The number of anilines is 1. The van der Waals surface area contributed by atoms with Crippen LogP contribution >= 0.6 is 0 Å². The molecule has 21 heavy (non-hydrogen) atoms. The summed E-state index contributed by atoms with van der Waals surface area (Å²) in [5.41, 5.74) is 2.23. The molecule has 108 valence electrons. The number of para-hydroxylation sites is 1. The molecule has 1 amide bonds. The Hall–Kier alpha value is -2.69. The molecule has 0 aromatic heterocycles. The van der Waals surface area contributed by atoms with E-state index in [0.29, 0.717) is 17.9 Å². The third kappa shape index (κ3) is 2.50. The van der Waals surface area contributed by atoms with Gasteiger partial charge in [-0.15, -0.1) is 0 Å². The lowest BCUT2D eigenvalue weighted by Gasteiger charge is -2.28. The number of fused-ring (bicyclic) bond motifs is 1. The van der Waals surface area contributed by atoms with Crippen LogP contribution in [0.5, 0.6) is 11.5 Å². The number of carbonyl (C=O) groups is 1. The van der Waals surface area contributed by atoms with Crippen LogP contribution in [0.4, 0.5) is 5.69 Å². The molecule has 1 aliphatic rings. The smallest absolute Gasteiger partial charge is 0.255 e. The molecule has 1 aliphatic heterocycles. The first kappa shape index (κ1) is 13.3. The van der Waals surface area contributed by atoms with Gasteiger partial charge >= 0.3 is 0 Å². The predicted octanol–water partition coefficient (Wildman–Crippen LogP) is 2.65. The second-order valence-electron chi connectivity index (χ2n) is 4.76. The highest BCUT2D eigenvalue weighted by atomic mass is 16.5. The van der Waals surface area contributed by atoms with E-state index in [1.54, 1.807) is 24.3 Å². The maximum atomic E-state index is 12.1. The zero-order valence-electron chi connectivity index (χ0n) is 11.6. The summed E-state index contributed by atoms with van der Waals surface area (Å²) < 4.78 is 5.37. The highest BCUT2D eigenvalue weighted by molar-refractivity contribution is 6.01. The average molecular weight is 284 g/mol. The van der Waals surface area contributed by atoms with Crippen LogP contribution in [-0.4, -0.2) is 17.6 Å². The number of hydrogen-bond acceptors (Lipinski definition) is 4. The molecular formula is C16H16N2O3. The van der Waals surface area contributed by atoms with Crippen molar-refractivity contribution in [3.8, 4) is 11.5 Å². The van der Waals surface area contributed by atoms with Crippen molar-refractivity contribution in [2.75, 3.05) is 11.9 Å². The highest BCUT2D eigenvalue weighted by Crippen LogP contribution is 2.32. The lowest BCUT2D eigenvalue weighted by Crippen LogP contribution is -2.38. The van der Waals surface area contributed by atoms with Crippen LogP contribution in [0.15, 0.2) is 42.5 Å². The Morgan fingerprint density at radius 2 is 2.00 bits per heavy atom. The van der Waals surface area contributed by atoms with Crippen LogP contribution in [0.1, 0.15) is 29.0 Å². The maximum Gasteiger partial charge on any atom is 0.255 e. The van der Waals surface area contributed by atoms with Crippen LogP contribution < -0.4 is 15.4 Å². The van der Waals surface area contributed by atoms with E-state index in [-0.39, 0.29) is 17.8 Å². The molecule has 0 radical (unpaired) electrons. The second-order valence-corrected chi connectivity index (χ2v) is 4.76. The third-order valence-corrected chi connectivity index (χ3v) is 3.36. The predicted molar refractivity (Wildman–Crippen MR) is 79.5 cm³/mol. The van der Waals surface area contributed by atoms with Gasteiger partial charge in [-0.2, -0.15) is 0 Å². The quantitative estimate of drug-likeness (QED) is 0.810. The minimum Gasteiger partial charge on any atom is -0.504 e. The van der Waals surface area contributed by atoms with Gasteiger partial charge in [0.2, 0.25) is 0 Å². The van der Waals surface area contributed by atoms with Gasteiger partial charge < -0.3 is 20.5 Å². The summed E-state index contributed by atoms with van der Waals surface area (Å²) >= 11 is 0. The number of rotatable bonds is 3. The zero-order chi connectivity index (χ0) is 14.8. The van der Waals surface area contributed by atoms with Crippen LogP contribution in [0.2, 0.25) is 0 Å². The van der Waals surface area contributed by atoms with E-state index < -0.39 is 0 Å². The summed E-state index contributed by atoms with van der Waals surface area (Å²) in [6.45, 7) is 2.31. The number of hydrogen-bond donors (Lipinski definition) is 3. The fraction of sp³-hybridized carbons (Fsp3) is 0.188. The van der Waals surface area contributed by atoms with Gasteiger partial charge in [-0.1, -0.05) is 18.2 Å². The van der Waals surface area contributed by atoms with Gasteiger partial charge in [0.25, 0.3) is 5.91 Å². The van der Waals surface area contributed by atoms with Gasteiger partial charge in [0.05, 0.1) is 12.2 Å². The summed E-state index contributed by atoms with van der Waals surface area (Å²) in [6, 6.07) is 12.4. The summed E-state index contributed by atoms with van der Waals surface area (Å²) in [7, 11) is 0. The maximum absolute atomic E-state index is 12.1. The summed E-state index contributed by atoms with van der Waals surface area (Å²) in [5, 5.41) is 15.9. The normalized spacial score (nSPS) is 16.6. The average Bonchev–Trinajstić information content (AvgIpc) is 2.50. The van der Waals surface area contributed by atoms with Crippen LogP contribution in [0, 0.1) is 0 Å².